The van der Waals surface area contributed by atoms with Crippen molar-refractivity contribution < 1.29 is 24.2 Å². The van der Waals surface area contributed by atoms with Crippen molar-refractivity contribution in [1.29, 1.82) is 0 Å². The number of aliphatic hydroxyl groups excluding tert-OH is 1. The standard InChI is InChI=1S/C19H25NO5/c1-13(2)16-11-20(17(18(22)24-3)15(16)9-10-21)19(23)25-12-14-7-5-4-6-8-14/h4-8,15-17,21H,1,9-12H2,2-3H3/t15-,16+,17-/m0/s1. The van der Waals surface area contributed by atoms with Gasteiger partial charge in [0.15, 0.2) is 0 Å². The predicted octanol–water partition coefficient (Wildman–Crippen LogP) is 2.37. The molecule has 1 N–H and O–H groups in total. The molecule has 6 nitrogen and oxygen atoms in total. The normalized spacial score (nSPS) is 22.5. The Hall–Kier alpha value is -2.34. The van der Waals surface area contributed by atoms with Crippen LogP contribution in [0.4, 0.5) is 4.79 Å². The Morgan fingerprint density at radius 1 is 1.32 bits per heavy atom. The number of esters is 1. The Kier molecular flexibility index (Phi) is 6.58. The van der Waals surface area contributed by atoms with Crippen LogP contribution in [0.1, 0.15) is 18.9 Å². The molecule has 0 spiro atoms. The van der Waals surface area contributed by atoms with E-state index in [1.54, 1.807) is 0 Å². The number of carbonyl (C=O) groups excluding carboxylic acids is 2. The van der Waals surface area contributed by atoms with E-state index < -0.39 is 18.1 Å². The van der Waals surface area contributed by atoms with E-state index >= 15 is 0 Å². The first-order valence-corrected chi connectivity index (χ1v) is 8.31. The number of methoxy groups -OCH3 is 1. The summed E-state index contributed by atoms with van der Waals surface area (Å²) in [6, 6.07) is 8.56. The molecule has 1 fully saturated rings. The summed E-state index contributed by atoms with van der Waals surface area (Å²) in [5.41, 5.74) is 1.73. The molecule has 6 heteroatoms. The van der Waals surface area contributed by atoms with Crippen LogP contribution in [0.25, 0.3) is 0 Å². The van der Waals surface area contributed by atoms with Gasteiger partial charge in [0.2, 0.25) is 0 Å². The number of amides is 1. The number of hydrogen-bond acceptors (Lipinski definition) is 5. The summed E-state index contributed by atoms with van der Waals surface area (Å²) in [6.07, 6.45) is -0.175. The number of carbonyl (C=O) groups is 2. The van der Waals surface area contributed by atoms with E-state index in [2.05, 4.69) is 6.58 Å². The third-order valence-corrected chi connectivity index (χ3v) is 4.63. The molecule has 1 aromatic rings. The molecule has 1 heterocycles. The molecule has 3 atom stereocenters. The van der Waals surface area contributed by atoms with Gasteiger partial charge in [-0.15, -0.1) is 0 Å². The molecule has 0 aromatic heterocycles. The summed E-state index contributed by atoms with van der Waals surface area (Å²) >= 11 is 0. The van der Waals surface area contributed by atoms with Crippen molar-refractivity contribution in [3.63, 3.8) is 0 Å². The minimum atomic E-state index is -0.776. The monoisotopic (exact) mass is 347 g/mol. The highest BCUT2D eigenvalue weighted by molar-refractivity contribution is 5.82. The third-order valence-electron chi connectivity index (χ3n) is 4.63. The number of hydrogen-bond donors (Lipinski definition) is 1. The number of benzene rings is 1. The highest BCUT2D eigenvalue weighted by Gasteiger charge is 2.48. The van der Waals surface area contributed by atoms with Crippen LogP contribution < -0.4 is 0 Å². The average Bonchev–Trinajstić information content (AvgIpc) is 3.00. The van der Waals surface area contributed by atoms with Crippen molar-refractivity contribution >= 4 is 12.1 Å². The predicted molar refractivity (Wildman–Crippen MR) is 92.6 cm³/mol. The highest BCUT2D eigenvalue weighted by Crippen LogP contribution is 2.37. The van der Waals surface area contributed by atoms with Gasteiger partial charge in [-0.05, 0) is 18.9 Å². The van der Waals surface area contributed by atoms with Crippen molar-refractivity contribution in [3.05, 3.63) is 48.0 Å². The largest absolute Gasteiger partial charge is 0.467 e. The lowest BCUT2D eigenvalue weighted by molar-refractivity contribution is -0.147. The molecule has 0 bridgehead atoms. The van der Waals surface area contributed by atoms with Gasteiger partial charge in [-0.25, -0.2) is 9.59 Å². The van der Waals surface area contributed by atoms with Crippen LogP contribution in [0, 0.1) is 11.8 Å². The van der Waals surface area contributed by atoms with Gasteiger partial charge < -0.3 is 14.6 Å². The third kappa shape index (κ3) is 4.39. The molecule has 136 valence electrons. The van der Waals surface area contributed by atoms with Crippen molar-refractivity contribution in [2.75, 3.05) is 20.3 Å². The maximum atomic E-state index is 12.6. The van der Waals surface area contributed by atoms with Gasteiger partial charge in [0.1, 0.15) is 12.6 Å². The van der Waals surface area contributed by atoms with Gasteiger partial charge in [-0.2, -0.15) is 0 Å². The number of rotatable bonds is 6. The molecular formula is C19H25NO5. The van der Waals surface area contributed by atoms with Gasteiger partial charge in [-0.3, -0.25) is 4.90 Å². The Labute approximate surface area is 148 Å². The first kappa shape index (κ1) is 19.0. The molecule has 25 heavy (non-hydrogen) atoms. The molecule has 1 amide bonds. The lowest BCUT2D eigenvalue weighted by Gasteiger charge is -2.25. The number of likely N-dealkylation sites (tertiary alicyclic amines) is 1. The number of nitrogens with zero attached hydrogens (tertiary/aromatic N) is 1. The minimum Gasteiger partial charge on any atom is -0.467 e. The molecule has 0 saturated carbocycles. The number of ether oxygens (including phenoxy) is 2. The van der Waals surface area contributed by atoms with Crippen LogP contribution >= 0.6 is 0 Å². The van der Waals surface area contributed by atoms with E-state index in [0.29, 0.717) is 13.0 Å². The maximum Gasteiger partial charge on any atom is 0.410 e. The van der Waals surface area contributed by atoms with Crippen LogP contribution in [-0.4, -0.2) is 48.4 Å². The van der Waals surface area contributed by atoms with Gasteiger partial charge in [-0.1, -0.05) is 42.5 Å². The molecule has 0 aliphatic carbocycles. The molecule has 0 radical (unpaired) electrons. The maximum absolute atomic E-state index is 12.6. The van der Waals surface area contributed by atoms with Crippen molar-refractivity contribution in [2.24, 2.45) is 11.8 Å². The Balaban J connectivity index is 2.16. The van der Waals surface area contributed by atoms with Gasteiger partial charge in [0.25, 0.3) is 0 Å². The molecule has 2 rings (SSSR count). The van der Waals surface area contributed by atoms with Crippen LogP contribution in [0.5, 0.6) is 0 Å². The van der Waals surface area contributed by atoms with E-state index in [-0.39, 0.29) is 25.0 Å². The van der Waals surface area contributed by atoms with Crippen LogP contribution in [0.2, 0.25) is 0 Å². The Morgan fingerprint density at radius 2 is 2.00 bits per heavy atom. The second-order valence-corrected chi connectivity index (χ2v) is 6.29. The van der Waals surface area contributed by atoms with Gasteiger partial charge in [0, 0.05) is 25.0 Å². The fourth-order valence-corrected chi connectivity index (χ4v) is 3.35. The van der Waals surface area contributed by atoms with Gasteiger partial charge >= 0.3 is 12.1 Å². The molecule has 1 aliphatic rings. The molecule has 1 aliphatic heterocycles. The van der Waals surface area contributed by atoms with Crippen molar-refractivity contribution in [1.82, 2.24) is 4.90 Å². The lowest BCUT2D eigenvalue weighted by atomic mass is 9.84. The quantitative estimate of drug-likeness (QED) is 0.631. The summed E-state index contributed by atoms with van der Waals surface area (Å²) in [4.78, 5) is 26.2. The van der Waals surface area contributed by atoms with Crippen LogP contribution in [0.15, 0.2) is 42.5 Å². The first-order valence-electron chi connectivity index (χ1n) is 8.31. The van der Waals surface area contributed by atoms with E-state index in [9.17, 15) is 14.7 Å². The lowest BCUT2D eigenvalue weighted by Crippen LogP contribution is -2.44. The zero-order valence-corrected chi connectivity index (χ0v) is 14.7. The first-order chi connectivity index (χ1) is 12.0. The Morgan fingerprint density at radius 3 is 2.56 bits per heavy atom. The minimum absolute atomic E-state index is 0.0746. The van der Waals surface area contributed by atoms with E-state index in [0.717, 1.165) is 11.1 Å². The zero-order valence-electron chi connectivity index (χ0n) is 14.7. The number of aliphatic hydroxyl groups is 1. The highest BCUT2D eigenvalue weighted by atomic mass is 16.6. The molecule has 1 aromatic carbocycles. The van der Waals surface area contributed by atoms with E-state index in [1.807, 2.05) is 37.3 Å². The second-order valence-electron chi connectivity index (χ2n) is 6.29. The Bertz CT molecular complexity index is 616. The summed E-state index contributed by atoms with van der Waals surface area (Å²) < 4.78 is 10.3. The smallest absolute Gasteiger partial charge is 0.410 e. The van der Waals surface area contributed by atoms with Crippen LogP contribution in [0.3, 0.4) is 0 Å². The average molecular weight is 347 g/mol. The SMILES string of the molecule is C=C(C)[C@H]1CN(C(=O)OCc2ccccc2)[C@H](C(=O)OC)[C@H]1CCO. The van der Waals surface area contributed by atoms with E-state index in [1.165, 1.54) is 12.0 Å². The molecule has 1 saturated heterocycles. The fourth-order valence-electron chi connectivity index (χ4n) is 3.35. The topological polar surface area (TPSA) is 76.1 Å². The van der Waals surface area contributed by atoms with Crippen molar-refractivity contribution in [2.45, 2.75) is 26.0 Å². The molecular weight excluding hydrogens is 322 g/mol. The second kappa shape index (κ2) is 8.67. The van der Waals surface area contributed by atoms with Crippen molar-refractivity contribution in [3.8, 4) is 0 Å². The summed E-state index contributed by atoms with van der Waals surface area (Å²) in [7, 11) is 1.29. The summed E-state index contributed by atoms with van der Waals surface area (Å²) in [5, 5.41) is 9.36. The summed E-state index contributed by atoms with van der Waals surface area (Å²) in [5.74, 6) is -0.821. The molecule has 0 unspecified atom stereocenters. The zero-order chi connectivity index (χ0) is 18.4. The fraction of sp³-hybridized carbons (Fsp3) is 0.474. The van der Waals surface area contributed by atoms with Crippen LogP contribution in [-0.2, 0) is 20.9 Å². The van der Waals surface area contributed by atoms with Gasteiger partial charge in [0.05, 0.1) is 7.11 Å². The summed E-state index contributed by atoms with van der Waals surface area (Å²) in [6.45, 7) is 6.21. The van der Waals surface area contributed by atoms with E-state index in [4.69, 9.17) is 9.47 Å².